The molecule has 0 aromatic rings. The first-order valence-electron chi connectivity index (χ1n) is 11.8. The fraction of sp³-hybridized carbons (Fsp3) is 0.875. The minimum absolute atomic E-state index is 0.230. The van der Waals surface area contributed by atoms with Crippen LogP contribution in [0.25, 0.3) is 0 Å². The fourth-order valence-electron chi connectivity index (χ4n) is 2.77. The Morgan fingerprint density at radius 1 is 0.567 bits per heavy atom. The summed E-state index contributed by atoms with van der Waals surface area (Å²) in [5, 5.41) is 0. The number of hydrogen-bond donors (Lipinski definition) is 0. The highest BCUT2D eigenvalue weighted by molar-refractivity contribution is 5.86. The summed E-state index contributed by atoms with van der Waals surface area (Å²) >= 11 is 0. The first-order valence-corrected chi connectivity index (χ1v) is 11.8. The number of rotatable bonds is 24. The number of hydrogen-bond acceptors (Lipinski definition) is 6. The summed E-state index contributed by atoms with van der Waals surface area (Å²) in [4.78, 5) is 11.1. The molecule has 0 bridgehead atoms. The van der Waals surface area contributed by atoms with Crippen molar-refractivity contribution in [2.75, 3.05) is 59.5 Å². The number of unbranched alkanes of at least 4 members (excludes halogenated alkanes) is 9. The topological polar surface area (TPSA) is 63.2 Å². The fourth-order valence-corrected chi connectivity index (χ4v) is 2.77. The van der Waals surface area contributed by atoms with E-state index in [1.807, 2.05) is 0 Å². The van der Waals surface area contributed by atoms with Crippen LogP contribution in [0.4, 0.5) is 0 Å². The Bertz CT molecular complexity index is 386. The van der Waals surface area contributed by atoms with Gasteiger partial charge in [0, 0.05) is 12.2 Å². The third kappa shape index (κ3) is 23.3. The number of carbonyl (C=O) groups is 1. The molecule has 0 rings (SSSR count). The Morgan fingerprint density at radius 2 is 0.933 bits per heavy atom. The smallest absolute Gasteiger partial charge is 0.333 e. The summed E-state index contributed by atoms with van der Waals surface area (Å²) in [6, 6.07) is 0. The van der Waals surface area contributed by atoms with Gasteiger partial charge in [0.2, 0.25) is 0 Å². The Balaban J connectivity index is 3.05. The molecular weight excluding hydrogens is 384 g/mol. The van der Waals surface area contributed by atoms with Crippen molar-refractivity contribution in [3.63, 3.8) is 0 Å². The molecule has 0 aliphatic heterocycles. The van der Waals surface area contributed by atoms with Crippen LogP contribution >= 0.6 is 0 Å². The average Bonchev–Trinajstić information content (AvgIpc) is 2.74. The lowest BCUT2D eigenvalue weighted by Gasteiger charge is -2.08. The Hall–Kier alpha value is -0.950. The van der Waals surface area contributed by atoms with Crippen LogP contribution in [-0.4, -0.2) is 65.4 Å². The molecule has 0 heterocycles. The van der Waals surface area contributed by atoms with Gasteiger partial charge in [-0.25, -0.2) is 4.79 Å². The molecular formula is C24H46O6. The van der Waals surface area contributed by atoms with Crippen LogP contribution in [0.15, 0.2) is 12.2 Å². The zero-order valence-corrected chi connectivity index (χ0v) is 19.6. The van der Waals surface area contributed by atoms with Gasteiger partial charge in [-0.05, 0) is 13.3 Å². The molecule has 178 valence electrons. The molecule has 6 nitrogen and oxygen atoms in total. The van der Waals surface area contributed by atoms with Crippen LogP contribution in [0.2, 0.25) is 0 Å². The van der Waals surface area contributed by atoms with E-state index < -0.39 is 0 Å². The van der Waals surface area contributed by atoms with Crippen molar-refractivity contribution in [2.45, 2.75) is 78.1 Å². The number of carbonyl (C=O) groups excluding carboxylic acids is 1. The van der Waals surface area contributed by atoms with Crippen molar-refractivity contribution in [3.8, 4) is 0 Å². The van der Waals surface area contributed by atoms with Gasteiger partial charge >= 0.3 is 5.97 Å². The quantitative estimate of drug-likeness (QED) is 0.121. The van der Waals surface area contributed by atoms with Gasteiger partial charge in [0.25, 0.3) is 0 Å². The van der Waals surface area contributed by atoms with E-state index >= 15 is 0 Å². The van der Waals surface area contributed by atoms with E-state index in [2.05, 4.69) is 13.5 Å². The summed E-state index contributed by atoms with van der Waals surface area (Å²) in [6.45, 7) is 12.1. The third-order valence-corrected chi connectivity index (χ3v) is 4.57. The summed E-state index contributed by atoms with van der Waals surface area (Å²) in [6.07, 6.45) is 13.4. The van der Waals surface area contributed by atoms with Gasteiger partial charge in [0.15, 0.2) is 0 Å². The molecule has 0 aliphatic carbocycles. The average molecular weight is 431 g/mol. The maximum Gasteiger partial charge on any atom is 0.333 e. The molecule has 30 heavy (non-hydrogen) atoms. The van der Waals surface area contributed by atoms with Crippen LogP contribution in [0.3, 0.4) is 0 Å². The van der Waals surface area contributed by atoms with Gasteiger partial charge in [0.05, 0.1) is 46.2 Å². The predicted molar refractivity (Wildman–Crippen MR) is 121 cm³/mol. The molecule has 0 amide bonds. The maximum atomic E-state index is 11.1. The van der Waals surface area contributed by atoms with E-state index in [-0.39, 0.29) is 12.6 Å². The van der Waals surface area contributed by atoms with Crippen molar-refractivity contribution in [1.29, 1.82) is 0 Å². The molecule has 0 saturated heterocycles. The van der Waals surface area contributed by atoms with E-state index in [1.54, 1.807) is 6.92 Å². The zero-order valence-electron chi connectivity index (χ0n) is 19.6. The van der Waals surface area contributed by atoms with Gasteiger partial charge in [-0.2, -0.15) is 0 Å². The molecule has 0 aliphatic rings. The van der Waals surface area contributed by atoms with Crippen molar-refractivity contribution in [3.05, 3.63) is 12.2 Å². The monoisotopic (exact) mass is 430 g/mol. The van der Waals surface area contributed by atoms with E-state index in [1.165, 1.54) is 57.8 Å². The molecule has 0 spiro atoms. The Kier molecular flexibility index (Phi) is 23.6. The second-order valence-corrected chi connectivity index (χ2v) is 7.55. The summed E-state index contributed by atoms with van der Waals surface area (Å²) in [5.41, 5.74) is 0.391. The SMILES string of the molecule is C=C(C)C(=O)OCCOCCOCCOCCOCCCCCCCCCCCC. The van der Waals surface area contributed by atoms with Gasteiger partial charge in [0.1, 0.15) is 6.61 Å². The molecule has 0 unspecified atom stereocenters. The van der Waals surface area contributed by atoms with Crippen molar-refractivity contribution >= 4 is 5.97 Å². The third-order valence-electron chi connectivity index (χ3n) is 4.57. The molecule has 0 radical (unpaired) electrons. The summed E-state index contributed by atoms with van der Waals surface area (Å²) in [7, 11) is 0. The maximum absolute atomic E-state index is 11.1. The van der Waals surface area contributed by atoms with E-state index in [9.17, 15) is 4.79 Å². The minimum Gasteiger partial charge on any atom is -0.460 e. The van der Waals surface area contributed by atoms with Gasteiger partial charge < -0.3 is 23.7 Å². The molecule has 0 saturated carbocycles. The van der Waals surface area contributed by atoms with Crippen molar-refractivity contribution in [2.24, 2.45) is 0 Å². The van der Waals surface area contributed by atoms with Crippen molar-refractivity contribution < 1.29 is 28.5 Å². The highest BCUT2D eigenvalue weighted by Gasteiger charge is 2.01. The second kappa shape index (κ2) is 24.3. The lowest BCUT2D eigenvalue weighted by molar-refractivity contribution is -0.140. The van der Waals surface area contributed by atoms with Crippen LogP contribution in [-0.2, 0) is 28.5 Å². The largest absolute Gasteiger partial charge is 0.460 e. The zero-order chi connectivity index (χ0) is 22.1. The highest BCUT2D eigenvalue weighted by Crippen LogP contribution is 2.10. The van der Waals surface area contributed by atoms with Crippen LogP contribution in [0.5, 0.6) is 0 Å². The van der Waals surface area contributed by atoms with E-state index in [0.717, 1.165) is 13.0 Å². The van der Waals surface area contributed by atoms with E-state index in [0.29, 0.717) is 51.8 Å². The Labute approximate surface area is 184 Å². The highest BCUT2D eigenvalue weighted by atomic mass is 16.6. The minimum atomic E-state index is -0.389. The van der Waals surface area contributed by atoms with Crippen LogP contribution in [0.1, 0.15) is 78.1 Å². The lowest BCUT2D eigenvalue weighted by atomic mass is 10.1. The molecule has 0 N–H and O–H groups in total. The van der Waals surface area contributed by atoms with Crippen LogP contribution < -0.4 is 0 Å². The Morgan fingerprint density at radius 3 is 1.37 bits per heavy atom. The van der Waals surface area contributed by atoms with Crippen LogP contribution in [0, 0.1) is 0 Å². The molecule has 0 aromatic carbocycles. The summed E-state index contributed by atoms with van der Waals surface area (Å²) < 4.78 is 26.7. The number of ether oxygens (including phenoxy) is 5. The standard InChI is InChI=1S/C24H46O6/c1-4-5-6-7-8-9-10-11-12-13-14-26-15-16-27-17-18-28-19-20-29-21-22-30-24(25)23(2)3/h2,4-22H2,1,3H3. The normalized spacial score (nSPS) is 11.0. The molecule has 0 fully saturated rings. The van der Waals surface area contributed by atoms with Crippen molar-refractivity contribution in [1.82, 2.24) is 0 Å². The lowest BCUT2D eigenvalue weighted by Crippen LogP contribution is -2.14. The van der Waals surface area contributed by atoms with E-state index in [4.69, 9.17) is 23.7 Å². The number of esters is 1. The molecule has 6 heteroatoms. The second-order valence-electron chi connectivity index (χ2n) is 7.55. The van der Waals surface area contributed by atoms with Gasteiger partial charge in [-0.3, -0.25) is 0 Å². The first kappa shape index (κ1) is 29.1. The van der Waals surface area contributed by atoms with Gasteiger partial charge in [-0.15, -0.1) is 0 Å². The van der Waals surface area contributed by atoms with Gasteiger partial charge in [-0.1, -0.05) is 71.3 Å². The predicted octanol–water partition coefficient (Wildman–Crippen LogP) is 5.09. The molecule has 0 atom stereocenters. The first-order chi connectivity index (χ1) is 14.7. The molecule has 0 aromatic heterocycles. The summed E-state index contributed by atoms with van der Waals surface area (Å²) in [5.74, 6) is -0.389.